The maximum absolute atomic E-state index is 12.9. The highest BCUT2D eigenvalue weighted by Crippen LogP contribution is 2.43. The van der Waals surface area contributed by atoms with Gasteiger partial charge < -0.3 is 5.11 Å². The van der Waals surface area contributed by atoms with Crippen LogP contribution >= 0.6 is 0 Å². The topological polar surface area (TPSA) is 54.4 Å². The van der Waals surface area contributed by atoms with Crippen LogP contribution in [-0.4, -0.2) is 16.7 Å². The molecule has 136 valence electrons. The van der Waals surface area contributed by atoms with Gasteiger partial charge in [0.05, 0.1) is 0 Å². The van der Waals surface area contributed by atoms with Gasteiger partial charge in [-0.1, -0.05) is 77.9 Å². The summed E-state index contributed by atoms with van der Waals surface area (Å²) in [5.74, 6) is -0.883. The molecule has 0 bridgehead atoms. The van der Waals surface area contributed by atoms with Gasteiger partial charge in [0.25, 0.3) is 0 Å². The minimum atomic E-state index is -0.824. The van der Waals surface area contributed by atoms with Crippen LogP contribution in [0.2, 0.25) is 0 Å². The molecular formula is C23H26O3. The third kappa shape index (κ3) is 2.86. The van der Waals surface area contributed by atoms with Gasteiger partial charge in [0.2, 0.25) is 0 Å². The number of aromatic hydroxyl groups is 1. The van der Waals surface area contributed by atoms with Gasteiger partial charge in [0.1, 0.15) is 11.7 Å². The highest BCUT2D eigenvalue weighted by molar-refractivity contribution is 6.29. The fourth-order valence-electron chi connectivity index (χ4n) is 3.61. The van der Waals surface area contributed by atoms with Crippen molar-refractivity contribution in [1.82, 2.24) is 0 Å². The van der Waals surface area contributed by atoms with E-state index < -0.39 is 5.92 Å². The molecule has 3 heteroatoms. The molecule has 0 heterocycles. The average Bonchev–Trinajstić information content (AvgIpc) is 2.78. The maximum atomic E-state index is 12.9. The predicted octanol–water partition coefficient (Wildman–Crippen LogP) is 5.15. The molecule has 0 spiro atoms. The molecular weight excluding hydrogens is 324 g/mol. The second-order valence-corrected chi connectivity index (χ2v) is 9.17. The Morgan fingerprint density at radius 1 is 0.769 bits per heavy atom. The summed E-state index contributed by atoms with van der Waals surface area (Å²) in [6.07, 6.45) is 0. The number of carbonyl (C=O) groups excluding carboxylic acids is 2. The quantitative estimate of drug-likeness (QED) is 0.724. The van der Waals surface area contributed by atoms with E-state index in [4.69, 9.17) is 0 Å². The first-order valence-electron chi connectivity index (χ1n) is 8.98. The number of carbonyl (C=O) groups is 2. The molecule has 3 rings (SSSR count). The molecule has 0 aliphatic heterocycles. The van der Waals surface area contributed by atoms with Crippen LogP contribution in [0.25, 0.3) is 0 Å². The Labute approximate surface area is 155 Å². The van der Waals surface area contributed by atoms with Crippen LogP contribution in [0.3, 0.4) is 0 Å². The van der Waals surface area contributed by atoms with Crippen molar-refractivity contribution in [1.29, 1.82) is 0 Å². The van der Waals surface area contributed by atoms with E-state index >= 15 is 0 Å². The molecule has 3 nitrogen and oxygen atoms in total. The van der Waals surface area contributed by atoms with E-state index in [1.165, 1.54) is 0 Å². The van der Waals surface area contributed by atoms with Crippen LogP contribution in [0.15, 0.2) is 36.4 Å². The van der Waals surface area contributed by atoms with Gasteiger partial charge in [0, 0.05) is 11.1 Å². The normalized spacial score (nSPS) is 15.5. The molecule has 0 fully saturated rings. The summed E-state index contributed by atoms with van der Waals surface area (Å²) in [7, 11) is 0. The summed E-state index contributed by atoms with van der Waals surface area (Å²) in [4.78, 5) is 25.9. The van der Waals surface area contributed by atoms with Crippen LogP contribution in [0.4, 0.5) is 0 Å². The molecule has 26 heavy (non-hydrogen) atoms. The third-order valence-electron chi connectivity index (χ3n) is 5.06. The summed E-state index contributed by atoms with van der Waals surface area (Å²) in [6.45, 7) is 12.1. The molecule has 0 radical (unpaired) electrons. The molecule has 0 atom stereocenters. The Morgan fingerprint density at radius 2 is 1.15 bits per heavy atom. The fourth-order valence-corrected chi connectivity index (χ4v) is 3.61. The van der Waals surface area contributed by atoms with Crippen molar-refractivity contribution >= 4 is 11.6 Å². The summed E-state index contributed by atoms with van der Waals surface area (Å²) in [5, 5.41) is 10.9. The number of fused-ring (bicyclic) bond motifs is 1. The molecule has 0 saturated carbocycles. The predicted molar refractivity (Wildman–Crippen MR) is 103 cm³/mol. The van der Waals surface area contributed by atoms with Crippen LogP contribution in [0.5, 0.6) is 5.75 Å². The van der Waals surface area contributed by atoms with E-state index in [2.05, 4.69) is 0 Å². The Kier molecular flexibility index (Phi) is 4.10. The van der Waals surface area contributed by atoms with Crippen molar-refractivity contribution in [3.63, 3.8) is 0 Å². The number of hydrogen-bond donors (Lipinski definition) is 1. The summed E-state index contributed by atoms with van der Waals surface area (Å²) in [6, 6.07) is 10.7. The maximum Gasteiger partial charge on any atom is 0.178 e. The zero-order valence-corrected chi connectivity index (χ0v) is 16.3. The van der Waals surface area contributed by atoms with Gasteiger partial charge in [-0.15, -0.1) is 0 Å². The van der Waals surface area contributed by atoms with Gasteiger partial charge in [-0.25, -0.2) is 0 Å². The standard InChI is InChI=1S/C23H26O3/c1-22(2,3)16-11-13(12-17(21(16)26)23(4,5)6)18-19(24)14-9-7-8-10-15(14)20(18)25/h7-12,18,26H,1-6H3. The molecule has 1 N–H and O–H groups in total. The Balaban J connectivity index is 2.24. The van der Waals surface area contributed by atoms with E-state index in [0.29, 0.717) is 16.7 Å². The fraction of sp³-hybridized carbons (Fsp3) is 0.391. The minimum Gasteiger partial charge on any atom is -0.507 e. The van der Waals surface area contributed by atoms with Gasteiger partial charge in [-0.05, 0) is 27.5 Å². The number of hydrogen-bond acceptors (Lipinski definition) is 3. The minimum absolute atomic E-state index is 0.156. The first-order chi connectivity index (χ1) is 11.9. The van der Waals surface area contributed by atoms with Gasteiger partial charge in [-0.3, -0.25) is 9.59 Å². The average molecular weight is 350 g/mol. The van der Waals surface area contributed by atoms with E-state index in [0.717, 1.165) is 11.1 Å². The highest BCUT2D eigenvalue weighted by Gasteiger charge is 2.40. The van der Waals surface area contributed by atoms with Crippen molar-refractivity contribution in [3.8, 4) is 5.75 Å². The van der Waals surface area contributed by atoms with Crippen molar-refractivity contribution in [2.45, 2.75) is 58.3 Å². The lowest BCUT2D eigenvalue weighted by Crippen LogP contribution is -2.20. The molecule has 0 saturated heterocycles. The van der Waals surface area contributed by atoms with E-state index in [9.17, 15) is 14.7 Å². The van der Waals surface area contributed by atoms with Crippen molar-refractivity contribution in [2.75, 3.05) is 0 Å². The largest absolute Gasteiger partial charge is 0.507 e. The molecule has 0 unspecified atom stereocenters. The lowest BCUT2D eigenvalue weighted by atomic mass is 9.76. The van der Waals surface area contributed by atoms with E-state index in [-0.39, 0.29) is 28.1 Å². The number of Topliss-reactive ketones (excluding diaryl/α,β-unsaturated/α-hetero) is 2. The third-order valence-corrected chi connectivity index (χ3v) is 5.06. The first-order valence-corrected chi connectivity index (χ1v) is 8.98. The Bertz CT molecular complexity index is 838. The second kappa shape index (κ2) is 5.80. The van der Waals surface area contributed by atoms with Gasteiger partial charge >= 0.3 is 0 Å². The zero-order chi connectivity index (χ0) is 19.4. The smallest absolute Gasteiger partial charge is 0.178 e. The number of ketones is 2. The molecule has 0 aromatic heterocycles. The van der Waals surface area contributed by atoms with Crippen molar-refractivity contribution in [3.05, 3.63) is 64.2 Å². The number of benzene rings is 2. The molecule has 0 amide bonds. The zero-order valence-electron chi connectivity index (χ0n) is 16.3. The lowest BCUT2D eigenvalue weighted by molar-refractivity contribution is 0.0889. The van der Waals surface area contributed by atoms with E-state index in [1.54, 1.807) is 24.3 Å². The second-order valence-electron chi connectivity index (χ2n) is 9.17. The lowest BCUT2D eigenvalue weighted by Gasteiger charge is -2.29. The summed E-state index contributed by atoms with van der Waals surface area (Å²) in [5.41, 5.74) is 2.56. The number of rotatable bonds is 1. The molecule has 1 aliphatic carbocycles. The number of phenolic OH excluding ortho intramolecular Hbond substituents is 1. The van der Waals surface area contributed by atoms with Crippen LogP contribution in [0.1, 0.15) is 84.9 Å². The van der Waals surface area contributed by atoms with Gasteiger partial charge in [0.15, 0.2) is 11.6 Å². The number of phenols is 1. The van der Waals surface area contributed by atoms with Crippen molar-refractivity contribution < 1.29 is 14.7 Å². The first kappa shape index (κ1) is 18.4. The van der Waals surface area contributed by atoms with E-state index in [1.807, 2.05) is 53.7 Å². The van der Waals surface area contributed by atoms with Crippen LogP contribution in [-0.2, 0) is 10.8 Å². The van der Waals surface area contributed by atoms with Crippen LogP contribution in [0, 0.1) is 0 Å². The van der Waals surface area contributed by atoms with Gasteiger partial charge in [-0.2, -0.15) is 0 Å². The molecule has 2 aromatic rings. The molecule has 2 aromatic carbocycles. The molecule has 1 aliphatic rings. The summed E-state index contributed by atoms with van der Waals surface area (Å²) >= 11 is 0. The van der Waals surface area contributed by atoms with Crippen LogP contribution < -0.4 is 0 Å². The monoisotopic (exact) mass is 350 g/mol. The Hall–Kier alpha value is -2.42. The Morgan fingerprint density at radius 3 is 1.50 bits per heavy atom. The highest BCUT2D eigenvalue weighted by atomic mass is 16.3. The summed E-state index contributed by atoms with van der Waals surface area (Å²) < 4.78 is 0. The SMILES string of the molecule is CC(C)(C)c1cc(C2C(=O)c3ccccc3C2=O)cc(C(C)(C)C)c1O. The van der Waals surface area contributed by atoms with Crippen molar-refractivity contribution in [2.24, 2.45) is 0 Å².